The fourth-order valence-corrected chi connectivity index (χ4v) is 4.60. The van der Waals surface area contributed by atoms with Crippen molar-refractivity contribution in [1.29, 1.82) is 0 Å². The van der Waals surface area contributed by atoms with Crippen molar-refractivity contribution in [1.82, 2.24) is 15.1 Å². The number of para-hydroxylation sites is 1. The molecule has 0 bridgehead atoms. The molecule has 210 valence electrons. The Labute approximate surface area is 234 Å². The number of piperazine rings is 1. The average molecular weight is 546 g/mol. The van der Waals surface area contributed by atoms with Gasteiger partial charge in [-0.25, -0.2) is 9.59 Å². The highest BCUT2D eigenvalue weighted by Crippen LogP contribution is 2.26. The summed E-state index contributed by atoms with van der Waals surface area (Å²) in [4.78, 5) is 40.6. The zero-order chi connectivity index (χ0) is 28.3. The Balaban J connectivity index is 1.19. The van der Waals surface area contributed by atoms with E-state index in [2.05, 4.69) is 29.3 Å². The molecule has 0 aliphatic carbocycles. The van der Waals surface area contributed by atoms with E-state index in [0.717, 1.165) is 22.6 Å². The number of ether oxygens (including phenoxy) is 2. The van der Waals surface area contributed by atoms with E-state index in [4.69, 9.17) is 9.47 Å². The number of rotatable bonds is 11. The molecule has 1 fully saturated rings. The quantitative estimate of drug-likeness (QED) is 0.355. The monoisotopic (exact) mass is 545 g/mol. The molecule has 1 aliphatic heterocycles. The van der Waals surface area contributed by atoms with Gasteiger partial charge < -0.3 is 24.8 Å². The number of carbonyl (C=O) groups is 3. The second-order valence-electron chi connectivity index (χ2n) is 9.71. The molecule has 9 nitrogen and oxygen atoms in total. The first-order valence-electron chi connectivity index (χ1n) is 13.4. The Morgan fingerprint density at radius 1 is 0.850 bits per heavy atom. The van der Waals surface area contributed by atoms with Gasteiger partial charge in [-0.3, -0.25) is 9.69 Å². The van der Waals surface area contributed by atoms with E-state index in [9.17, 15) is 19.5 Å². The molecule has 1 unspecified atom stereocenters. The molecule has 40 heavy (non-hydrogen) atoms. The lowest BCUT2D eigenvalue weighted by atomic mass is 10.1. The third kappa shape index (κ3) is 8.31. The highest BCUT2D eigenvalue weighted by atomic mass is 16.5. The lowest BCUT2D eigenvalue weighted by Crippen LogP contribution is -2.49. The van der Waals surface area contributed by atoms with Gasteiger partial charge in [0.15, 0.2) is 0 Å². The molecule has 1 aliphatic rings. The summed E-state index contributed by atoms with van der Waals surface area (Å²) >= 11 is 0. The van der Waals surface area contributed by atoms with Crippen LogP contribution in [0.5, 0.6) is 11.5 Å². The number of aliphatic carboxylic acids is 1. The van der Waals surface area contributed by atoms with Gasteiger partial charge in [0.2, 0.25) is 5.91 Å². The van der Waals surface area contributed by atoms with Gasteiger partial charge in [-0.05, 0) is 48.7 Å². The van der Waals surface area contributed by atoms with E-state index in [1.807, 2.05) is 60.7 Å². The first-order valence-corrected chi connectivity index (χ1v) is 13.4. The van der Waals surface area contributed by atoms with Crippen molar-refractivity contribution in [2.75, 3.05) is 26.2 Å². The van der Waals surface area contributed by atoms with Crippen molar-refractivity contribution in [3.63, 3.8) is 0 Å². The van der Waals surface area contributed by atoms with Gasteiger partial charge in [0, 0.05) is 38.6 Å². The largest absolute Gasteiger partial charge is 0.480 e. The highest BCUT2D eigenvalue weighted by molar-refractivity contribution is 5.81. The molecule has 9 heteroatoms. The number of carboxylic acid groups (broad SMARTS) is 1. The van der Waals surface area contributed by atoms with Gasteiger partial charge in [-0.2, -0.15) is 0 Å². The number of nitrogens with one attached hydrogen (secondary N) is 1. The Kier molecular flexibility index (Phi) is 10.1. The van der Waals surface area contributed by atoms with E-state index in [1.54, 1.807) is 17.0 Å². The van der Waals surface area contributed by atoms with Crippen molar-refractivity contribution in [3.05, 3.63) is 96.1 Å². The van der Waals surface area contributed by atoms with Crippen molar-refractivity contribution in [3.8, 4) is 11.5 Å². The standard InChI is InChI=1S/C31H35N3O6/c1-23(25-12-14-27(15-13-25)40-26-10-6-3-7-11-26)33-18-20-34(21-19-33)29(35)17-16-28(30(36)37)32-31(38)39-22-24-8-4-2-5-9-24/h2-15,23,28H,16-22H2,1H3,(H,32,38)(H,36,37)/t23?,28-/m0/s1. The molecule has 1 heterocycles. The molecule has 0 spiro atoms. The molecule has 3 aromatic carbocycles. The number of alkyl carbamates (subject to hydrolysis) is 1. The van der Waals surface area contributed by atoms with Gasteiger partial charge in [-0.15, -0.1) is 0 Å². The normalized spacial score (nSPS) is 15.1. The molecule has 2 amide bonds. The van der Waals surface area contributed by atoms with Crippen LogP contribution in [0.2, 0.25) is 0 Å². The first-order chi connectivity index (χ1) is 19.4. The SMILES string of the molecule is CC(c1ccc(Oc2ccccc2)cc1)N1CCN(C(=O)CC[C@H](NC(=O)OCc2ccccc2)C(=O)O)CC1. The Bertz CT molecular complexity index is 1250. The molecule has 3 aromatic rings. The van der Waals surface area contributed by atoms with Crippen molar-refractivity contribution in [2.45, 2.75) is 38.5 Å². The Morgan fingerprint density at radius 3 is 2.08 bits per heavy atom. The third-order valence-electron chi connectivity index (χ3n) is 7.01. The lowest BCUT2D eigenvalue weighted by Gasteiger charge is -2.38. The second kappa shape index (κ2) is 14.1. The van der Waals surface area contributed by atoms with E-state index in [0.29, 0.717) is 26.2 Å². The fraction of sp³-hybridized carbons (Fsp3) is 0.323. The van der Waals surface area contributed by atoms with Crippen LogP contribution in [0.15, 0.2) is 84.9 Å². The minimum absolute atomic E-state index is 0.0113. The molecule has 1 saturated heterocycles. The van der Waals surface area contributed by atoms with Crippen LogP contribution >= 0.6 is 0 Å². The number of carbonyl (C=O) groups excluding carboxylic acids is 2. The van der Waals surface area contributed by atoms with Crippen LogP contribution in [0.4, 0.5) is 4.79 Å². The second-order valence-corrected chi connectivity index (χ2v) is 9.71. The summed E-state index contributed by atoms with van der Waals surface area (Å²) in [5.74, 6) is 0.234. The molecule has 2 N–H and O–H groups in total. The minimum atomic E-state index is -1.21. The third-order valence-corrected chi connectivity index (χ3v) is 7.01. The molecular formula is C31H35N3O6. The maximum absolute atomic E-state index is 12.8. The number of benzene rings is 3. The van der Waals surface area contributed by atoms with Crippen LogP contribution in [-0.2, 0) is 20.9 Å². The molecule has 0 aromatic heterocycles. The maximum Gasteiger partial charge on any atom is 0.408 e. The zero-order valence-corrected chi connectivity index (χ0v) is 22.6. The van der Waals surface area contributed by atoms with Crippen LogP contribution in [0.3, 0.4) is 0 Å². The Morgan fingerprint density at radius 2 is 1.45 bits per heavy atom. The van der Waals surface area contributed by atoms with Crippen molar-refractivity contribution in [2.24, 2.45) is 0 Å². The fourth-order valence-electron chi connectivity index (χ4n) is 4.60. The van der Waals surface area contributed by atoms with Crippen LogP contribution in [0, 0.1) is 0 Å². The van der Waals surface area contributed by atoms with Crippen LogP contribution in [-0.4, -0.2) is 65.1 Å². The maximum atomic E-state index is 12.8. The molecule has 0 radical (unpaired) electrons. The average Bonchev–Trinajstić information content (AvgIpc) is 2.99. The Hall–Kier alpha value is -4.37. The van der Waals surface area contributed by atoms with Crippen molar-refractivity contribution >= 4 is 18.0 Å². The van der Waals surface area contributed by atoms with Gasteiger partial charge in [-0.1, -0.05) is 60.7 Å². The number of nitrogens with zero attached hydrogens (tertiary/aromatic N) is 2. The first kappa shape index (κ1) is 28.6. The van der Waals surface area contributed by atoms with E-state index in [1.165, 1.54) is 0 Å². The summed E-state index contributed by atoms with van der Waals surface area (Å²) in [7, 11) is 0. The number of carboxylic acids is 1. The van der Waals surface area contributed by atoms with E-state index < -0.39 is 18.1 Å². The van der Waals surface area contributed by atoms with E-state index in [-0.39, 0.29) is 31.4 Å². The summed E-state index contributed by atoms with van der Waals surface area (Å²) in [5.41, 5.74) is 1.96. The van der Waals surface area contributed by atoms with Crippen LogP contribution in [0.1, 0.15) is 36.9 Å². The van der Waals surface area contributed by atoms with Crippen LogP contribution < -0.4 is 10.1 Å². The predicted molar refractivity (Wildman–Crippen MR) is 150 cm³/mol. The predicted octanol–water partition coefficient (Wildman–Crippen LogP) is 4.84. The summed E-state index contributed by atoms with van der Waals surface area (Å²) in [6.45, 7) is 4.71. The number of hydrogen-bond acceptors (Lipinski definition) is 6. The van der Waals surface area contributed by atoms with E-state index >= 15 is 0 Å². The summed E-state index contributed by atoms with van der Waals surface area (Å²) in [6.07, 6.45) is -0.817. The topological polar surface area (TPSA) is 108 Å². The zero-order valence-electron chi connectivity index (χ0n) is 22.6. The van der Waals surface area contributed by atoms with Crippen LogP contribution in [0.25, 0.3) is 0 Å². The smallest absolute Gasteiger partial charge is 0.408 e. The molecule has 0 saturated carbocycles. The molecule has 2 atom stereocenters. The van der Waals surface area contributed by atoms with Gasteiger partial charge >= 0.3 is 12.1 Å². The summed E-state index contributed by atoms with van der Waals surface area (Å²) in [5, 5.41) is 11.9. The summed E-state index contributed by atoms with van der Waals surface area (Å²) in [6, 6.07) is 25.7. The number of amides is 2. The van der Waals surface area contributed by atoms with Crippen molar-refractivity contribution < 1.29 is 29.0 Å². The van der Waals surface area contributed by atoms with Gasteiger partial charge in [0.1, 0.15) is 24.1 Å². The van der Waals surface area contributed by atoms with Gasteiger partial charge in [0.05, 0.1) is 0 Å². The van der Waals surface area contributed by atoms with Gasteiger partial charge in [0.25, 0.3) is 0 Å². The molecular weight excluding hydrogens is 510 g/mol. The minimum Gasteiger partial charge on any atom is -0.480 e. The molecule has 4 rings (SSSR count). The summed E-state index contributed by atoms with van der Waals surface area (Å²) < 4.78 is 11.0. The highest BCUT2D eigenvalue weighted by Gasteiger charge is 2.27. The number of hydrogen-bond donors (Lipinski definition) is 2. The lowest BCUT2D eigenvalue weighted by molar-refractivity contribution is -0.140.